The van der Waals surface area contributed by atoms with Crippen LogP contribution in [0.2, 0.25) is 0 Å². The van der Waals surface area contributed by atoms with Crippen molar-refractivity contribution in [2.75, 3.05) is 26.2 Å². The summed E-state index contributed by atoms with van der Waals surface area (Å²) in [6.45, 7) is 1.72. The molecule has 0 radical (unpaired) electrons. The minimum absolute atomic E-state index is 0.0441. The Bertz CT molecular complexity index is 1040. The molecule has 0 atom stereocenters. The number of amides is 2. The molecule has 2 aliphatic rings. The Morgan fingerprint density at radius 2 is 1.41 bits per heavy atom. The molecule has 2 aromatic carbocycles. The van der Waals surface area contributed by atoms with Crippen molar-refractivity contribution in [2.45, 2.75) is 4.90 Å². The average Bonchev–Trinajstić information content (AvgIpc) is 3.03. The summed E-state index contributed by atoms with van der Waals surface area (Å²) in [6, 6.07) is 13.8. The second kappa shape index (κ2) is 6.66. The lowest BCUT2D eigenvalue weighted by Crippen LogP contribution is -2.50. The molecule has 27 heavy (non-hydrogen) atoms. The van der Waals surface area contributed by atoms with Gasteiger partial charge in [0.2, 0.25) is 0 Å². The van der Waals surface area contributed by atoms with Crippen LogP contribution < -0.4 is 0 Å². The van der Waals surface area contributed by atoms with E-state index in [2.05, 4.69) is 0 Å². The van der Waals surface area contributed by atoms with Crippen molar-refractivity contribution in [3.8, 4) is 0 Å². The van der Waals surface area contributed by atoms with Crippen LogP contribution in [0.4, 0.5) is 0 Å². The van der Waals surface area contributed by atoms with E-state index in [1.807, 2.05) is 18.2 Å². The van der Waals surface area contributed by atoms with E-state index in [9.17, 15) is 18.0 Å². The fraction of sp³-hybridized carbons (Fsp3) is 0.200. The summed E-state index contributed by atoms with van der Waals surface area (Å²) in [7, 11) is -3.45. The summed E-state index contributed by atoms with van der Waals surface area (Å²) in [4.78, 5) is 29.0. The van der Waals surface area contributed by atoms with Crippen LogP contribution in [0.1, 0.15) is 26.3 Å². The largest absolute Gasteiger partial charge is 0.335 e. The van der Waals surface area contributed by atoms with Crippen LogP contribution >= 0.6 is 0 Å². The summed E-state index contributed by atoms with van der Waals surface area (Å²) in [5.41, 5.74) is 1.46. The number of hydrogen-bond acceptors (Lipinski definition) is 4. The predicted molar refractivity (Wildman–Crippen MR) is 101 cm³/mol. The van der Waals surface area contributed by atoms with Gasteiger partial charge in [0.05, 0.1) is 4.90 Å². The van der Waals surface area contributed by atoms with Crippen LogP contribution in [0.15, 0.2) is 58.8 Å². The summed E-state index contributed by atoms with van der Waals surface area (Å²) in [5, 5.41) is 1.13. The first kappa shape index (κ1) is 17.5. The number of hydrogen-bond donors (Lipinski definition) is 0. The highest BCUT2D eigenvalue weighted by atomic mass is 32.2. The van der Waals surface area contributed by atoms with Gasteiger partial charge < -0.3 is 9.80 Å². The van der Waals surface area contributed by atoms with E-state index in [4.69, 9.17) is 0 Å². The molecule has 1 saturated heterocycles. The molecule has 0 unspecified atom stereocenters. The quantitative estimate of drug-likeness (QED) is 0.797. The second-order valence-electron chi connectivity index (χ2n) is 6.52. The smallest absolute Gasteiger partial charge is 0.254 e. The Morgan fingerprint density at radius 1 is 0.778 bits per heavy atom. The van der Waals surface area contributed by atoms with Gasteiger partial charge in [0.15, 0.2) is 9.84 Å². The fourth-order valence-corrected chi connectivity index (χ4v) is 4.64. The van der Waals surface area contributed by atoms with E-state index < -0.39 is 9.84 Å². The van der Waals surface area contributed by atoms with E-state index in [0.29, 0.717) is 42.9 Å². The van der Waals surface area contributed by atoms with Crippen LogP contribution in [0.25, 0.3) is 6.08 Å². The highest BCUT2D eigenvalue weighted by Gasteiger charge is 2.29. The number of fused-ring (bicyclic) bond motifs is 1. The summed E-state index contributed by atoms with van der Waals surface area (Å²) in [6.07, 6.45) is 1.48. The van der Waals surface area contributed by atoms with Gasteiger partial charge in [-0.1, -0.05) is 24.3 Å². The summed E-state index contributed by atoms with van der Waals surface area (Å²) in [5.74, 6) is -0.252. The first-order valence-corrected chi connectivity index (χ1v) is 10.2. The number of rotatable bonds is 2. The van der Waals surface area contributed by atoms with Gasteiger partial charge in [-0.05, 0) is 30.3 Å². The van der Waals surface area contributed by atoms with Gasteiger partial charge in [0.25, 0.3) is 11.8 Å². The van der Waals surface area contributed by atoms with Gasteiger partial charge in [-0.25, -0.2) is 8.42 Å². The number of piperazine rings is 1. The summed E-state index contributed by atoms with van der Waals surface area (Å²) >= 11 is 0. The molecule has 1 fully saturated rings. The van der Waals surface area contributed by atoms with Crippen LogP contribution in [0.3, 0.4) is 0 Å². The van der Waals surface area contributed by atoms with Gasteiger partial charge in [-0.3, -0.25) is 9.59 Å². The number of sulfone groups is 1. The monoisotopic (exact) mass is 382 g/mol. The first-order chi connectivity index (χ1) is 13.0. The zero-order valence-electron chi connectivity index (χ0n) is 14.5. The Hall–Kier alpha value is -2.93. The Morgan fingerprint density at radius 3 is 2.07 bits per heavy atom. The molecule has 6 nitrogen and oxygen atoms in total. The average molecular weight is 382 g/mol. The van der Waals surface area contributed by atoms with Crippen molar-refractivity contribution in [2.24, 2.45) is 0 Å². The first-order valence-electron chi connectivity index (χ1n) is 8.67. The standard InChI is InChI=1S/C20H18N2O4S/c23-19(15-5-2-1-3-6-15)21-10-12-22(13-11-21)20(24)17-7-4-8-18-16(17)9-14-27(18,25)26/h1-9,14H,10-13H2. The predicted octanol–water partition coefficient (Wildman–Crippen LogP) is 2.04. The Labute approximate surface area is 157 Å². The molecule has 2 heterocycles. The molecule has 0 spiro atoms. The third-order valence-electron chi connectivity index (χ3n) is 4.89. The molecule has 2 aliphatic heterocycles. The molecule has 0 aromatic heterocycles. The van der Waals surface area contributed by atoms with Gasteiger partial charge in [0.1, 0.15) is 0 Å². The highest BCUT2D eigenvalue weighted by Crippen LogP contribution is 2.30. The SMILES string of the molecule is O=C(c1ccccc1)N1CCN(C(=O)c2cccc3c2C=CS3(=O)=O)CC1. The maximum absolute atomic E-state index is 12.9. The molecular formula is C20H18N2O4S. The molecule has 2 amide bonds. The highest BCUT2D eigenvalue weighted by molar-refractivity contribution is 7.94. The third-order valence-corrected chi connectivity index (χ3v) is 6.36. The van der Waals surface area contributed by atoms with Crippen molar-refractivity contribution in [3.63, 3.8) is 0 Å². The van der Waals surface area contributed by atoms with Gasteiger partial charge in [-0.15, -0.1) is 0 Å². The topological polar surface area (TPSA) is 74.8 Å². The summed E-state index contributed by atoms with van der Waals surface area (Å²) < 4.78 is 24.0. The number of carbonyl (C=O) groups is 2. The van der Waals surface area contributed by atoms with Crippen molar-refractivity contribution < 1.29 is 18.0 Å². The van der Waals surface area contributed by atoms with Crippen molar-refractivity contribution >= 4 is 27.7 Å². The maximum Gasteiger partial charge on any atom is 0.254 e. The van der Waals surface area contributed by atoms with Crippen LogP contribution in [0.5, 0.6) is 0 Å². The van der Waals surface area contributed by atoms with Crippen molar-refractivity contribution in [1.82, 2.24) is 9.80 Å². The van der Waals surface area contributed by atoms with Gasteiger partial charge >= 0.3 is 0 Å². The fourth-order valence-electron chi connectivity index (χ4n) is 3.43. The lowest BCUT2D eigenvalue weighted by molar-refractivity contribution is 0.0535. The van der Waals surface area contributed by atoms with Crippen molar-refractivity contribution in [3.05, 3.63) is 70.6 Å². The normalized spacial score (nSPS) is 17.6. The third kappa shape index (κ3) is 3.14. The minimum atomic E-state index is -3.45. The molecule has 0 aliphatic carbocycles. The maximum atomic E-state index is 12.9. The number of benzene rings is 2. The lowest BCUT2D eigenvalue weighted by atomic mass is 10.1. The zero-order valence-corrected chi connectivity index (χ0v) is 15.4. The van der Waals surface area contributed by atoms with Crippen LogP contribution in [-0.4, -0.2) is 56.2 Å². The molecule has 7 heteroatoms. The molecule has 4 rings (SSSR count). The lowest BCUT2D eigenvalue weighted by Gasteiger charge is -2.35. The van der Waals surface area contributed by atoms with E-state index in [0.717, 1.165) is 5.41 Å². The molecule has 0 bridgehead atoms. The molecule has 0 saturated carbocycles. The van der Waals surface area contributed by atoms with Crippen LogP contribution in [0, 0.1) is 0 Å². The van der Waals surface area contributed by atoms with Crippen LogP contribution in [-0.2, 0) is 9.84 Å². The molecule has 2 aromatic rings. The molecule has 0 N–H and O–H groups in total. The zero-order chi connectivity index (χ0) is 19.0. The molecular weight excluding hydrogens is 364 g/mol. The minimum Gasteiger partial charge on any atom is -0.335 e. The Kier molecular flexibility index (Phi) is 4.31. The second-order valence-corrected chi connectivity index (χ2v) is 8.32. The van der Waals surface area contributed by atoms with E-state index >= 15 is 0 Å². The Balaban J connectivity index is 1.48. The van der Waals surface area contributed by atoms with Crippen molar-refractivity contribution in [1.29, 1.82) is 0 Å². The van der Waals surface area contributed by atoms with E-state index in [1.54, 1.807) is 34.1 Å². The van der Waals surface area contributed by atoms with E-state index in [-0.39, 0.29) is 16.7 Å². The van der Waals surface area contributed by atoms with Gasteiger partial charge in [-0.2, -0.15) is 0 Å². The van der Waals surface area contributed by atoms with Gasteiger partial charge in [0, 0.05) is 48.3 Å². The number of nitrogens with zero attached hydrogens (tertiary/aromatic N) is 2. The molecule has 138 valence electrons. The van der Waals surface area contributed by atoms with E-state index in [1.165, 1.54) is 12.1 Å². The number of carbonyl (C=O) groups excluding carboxylic acids is 2.